The molecule has 2 rings (SSSR count). The van der Waals surface area contributed by atoms with Crippen LogP contribution in [0.15, 0.2) is 0 Å². The molecule has 0 spiro atoms. The molecule has 0 radical (unpaired) electrons. The molecule has 76 valence electrons. The van der Waals surface area contributed by atoms with E-state index in [2.05, 4.69) is 25.7 Å². The van der Waals surface area contributed by atoms with Crippen LogP contribution < -0.4 is 5.73 Å². The Kier molecular flexibility index (Phi) is 2.16. The molecule has 1 saturated heterocycles. The average molecular weight is 182 g/mol. The van der Waals surface area contributed by atoms with Gasteiger partial charge >= 0.3 is 0 Å². The Bertz CT molecular complexity index is 195. The summed E-state index contributed by atoms with van der Waals surface area (Å²) in [6.45, 7) is 10.7. The summed E-state index contributed by atoms with van der Waals surface area (Å²) in [6, 6.07) is 0.509. The van der Waals surface area contributed by atoms with Crippen LogP contribution in [-0.2, 0) is 0 Å². The molecule has 0 bridgehead atoms. The van der Waals surface area contributed by atoms with Gasteiger partial charge < -0.3 is 10.6 Å². The van der Waals surface area contributed by atoms with Gasteiger partial charge in [-0.3, -0.25) is 0 Å². The predicted molar refractivity (Wildman–Crippen MR) is 55.5 cm³/mol. The summed E-state index contributed by atoms with van der Waals surface area (Å²) in [7, 11) is 0. The monoisotopic (exact) mass is 182 g/mol. The maximum atomic E-state index is 5.96. The van der Waals surface area contributed by atoms with E-state index in [-0.39, 0.29) is 0 Å². The van der Waals surface area contributed by atoms with Gasteiger partial charge in [0.05, 0.1) is 0 Å². The third-order valence-electron chi connectivity index (χ3n) is 3.39. The number of hydrogen-bond acceptors (Lipinski definition) is 2. The lowest BCUT2D eigenvalue weighted by Crippen LogP contribution is -2.46. The second kappa shape index (κ2) is 2.96. The van der Waals surface area contributed by atoms with Crippen molar-refractivity contribution in [3.8, 4) is 0 Å². The molecule has 1 saturated carbocycles. The highest BCUT2D eigenvalue weighted by molar-refractivity contribution is 5.00. The largest absolute Gasteiger partial charge is 0.327 e. The lowest BCUT2D eigenvalue weighted by Gasteiger charge is -2.36. The molecule has 0 aromatic heterocycles. The zero-order valence-electron chi connectivity index (χ0n) is 9.09. The lowest BCUT2D eigenvalue weighted by molar-refractivity contribution is 0.194. The van der Waals surface area contributed by atoms with Crippen LogP contribution in [0, 0.1) is 17.3 Å². The van der Waals surface area contributed by atoms with Gasteiger partial charge in [0.2, 0.25) is 0 Å². The number of nitrogens with two attached hydrogens (primary N) is 1. The van der Waals surface area contributed by atoms with E-state index in [1.165, 1.54) is 26.1 Å². The smallest absolute Gasteiger partial charge is 0.00857 e. The highest BCUT2D eigenvalue weighted by atomic mass is 15.2. The van der Waals surface area contributed by atoms with Gasteiger partial charge in [0, 0.05) is 25.7 Å². The molecule has 2 aliphatic rings. The first-order valence-corrected chi connectivity index (χ1v) is 5.44. The first-order chi connectivity index (χ1) is 5.96. The molecule has 3 unspecified atom stereocenters. The van der Waals surface area contributed by atoms with Crippen molar-refractivity contribution in [2.24, 2.45) is 23.0 Å². The van der Waals surface area contributed by atoms with E-state index >= 15 is 0 Å². The van der Waals surface area contributed by atoms with Crippen molar-refractivity contribution in [1.29, 1.82) is 0 Å². The van der Waals surface area contributed by atoms with Crippen LogP contribution in [-0.4, -0.2) is 30.6 Å². The maximum absolute atomic E-state index is 5.96. The third-order valence-corrected chi connectivity index (χ3v) is 3.39. The second-order valence-electron chi connectivity index (χ2n) is 6.08. The number of rotatable bonds is 1. The fourth-order valence-corrected chi connectivity index (χ4v) is 2.85. The summed E-state index contributed by atoms with van der Waals surface area (Å²) >= 11 is 0. The molecule has 2 N–H and O–H groups in total. The predicted octanol–water partition coefficient (Wildman–Crippen LogP) is 1.31. The van der Waals surface area contributed by atoms with Gasteiger partial charge in [-0.2, -0.15) is 0 Å². The molecule has 0 aromatic rings. The first-order valence-electron chi connectivity index (χ1n) is 5.44. The van der Waals surface area contributed by atoms with E-state index in [1.54, 1.807) is 0 Å². The van der Waals surface area contributed by atoms with Crippen LogP contribution in [0.25, 0.3) is 0 Å². The normalized spacial score (nSPS) is 40.2. The van der Waals surface area contributed by atoms with Crippen molar-refractivity contribution in [2.45, 2.75) is 33.2 Å². The fourth-order valence-electron chi connectivity index (χ4n) is 2.85. The first kappa shape index (κ1) is 9.47. The van der Waals surface area contributed by atoms with E-state index < -0.39 is 0 Å². The Morgan fingerprint density at radius 2 is 2.00 bits per heavy atom. The molecule has 2 nitrogen and oxygen atoms in total. The lowest BCUT2D eigenvalue weighted by atomic mass is 9.72. The topological polar surface area (TPSA) is 29.3 Å². The quantitative estimate of drug-likeness (QED) is 0.662. The van der Waals surface area contributed by atoms with Crippen LogP contribution in [0.1, 0.15) is 27.2 Å². The molecule has 0 amide bonds. The van der Waals surface area contributed by atoms with Crippen molar-refractivity contribution in [2.75, 3.05) is 19.6 Å². The summed E-state index contributed by atoms with van der Waals surface area (Å²) < 4.78 is 0. The van der Waals surface area contributed by atoms with Crippen molar-refractivity contribution in [3.05, 3.63) is 0 Å². The molecule has 3 atom stereocenters. The summed E-state index contributed by atoms with van der Waals surface area (Å²) in [4.78, 5) is 2.60. The Labute approximate surface area is 81.5 Å². The highest BCUT2D eigenvalue weighted by Crippen LogP contribution is 2.40. The van der Waals surface area contributed by atoms with Crippen LogP contribution in [0.3, 0.4) is 0 Å². The molecule has 1 heterocycles. The average Bonchev–Trinajstić information content (AvgIpc) is 2.24. The van der Waals surface area contributed by atoms with Crippen molar-refractivity contribution < 1.29 is 0 Å². The number of fused-ring (bicyclic) bond motifs is 1. The fraction of sp³-hybridized carbons (Fsp3) is 1.00. The molecule has 1 aliphatic heterocycles. The zero-order valence-corrected chi connectivity index (χ0v) is 9.09. The van der Waals surface area contributed by atoms with Crippen molar-refractivity contribution in [3.63, 3.8) is 0 Å². The summed E-state index contributed by atoms with van der Waals surface area (Å²) in [5.74, 6) is 1.75. The molecular formula is C11H22N2. The van der Waals surface area contributed by atoms with Crippen LogP contribution in [0.5, 0.6) is 0 Å². The minimum Gasteiger partial charge on any atom is -0.327 e. The standard InChI is InChI=1S/C11H22N2/c1-11(2,3)7-13-5-8-4-10(12)9(8)6-13/h8-10H,4-7,12H2,1-3H3. The van der Waals surface area contributed by atoms with Gasteiger partial charge in [0.1, 0.15) is 0 Å². The maximum Gasteiger partial charge on any atom is 0.00857 e. The molecule has 1 aliphatic carbocycles. The van der Waals surface area contributed by atoms with Gasteiger partial charge in [-0.25, -0.2) is 0 Å². The van der Waals surface area contributed by atoms with Gasteiger partial charge in [-0.05, 0) is 23.7 Å². The number of nitrogens with zero attached hydrogens (tertiary/aromatic N) is 1. The summed E-state index contributed by atoms with van der Waals surface area (Å²) in [5.41, 5.74) is 6.40. The number of likely N-dealkylation sites (tertiary alicyclic amines) is 1. The zero-order chi connectivity index (χ0) is 9.64. The van der Waals surface area contributed by atoms with Crippen LogP contribution >= 0.6 is 0 Å². The van der Waals surface area contributed by atoms with Gasteiger partial charge in [-0.15, -0.1) is 0 Å². The van der Waals surface area contributed by atoms with E-state index in [9.17, 15) is 0 Å². The molecule has 2 fully saturated rings. The molecule has 13 heavy (non-hydrogen) atoms. The van der Waals surface area contributed by atoms with Crippen LogP contribution in [0.2, 0.25) is 0 Å². The van der Waals surface area contributed by atoms with E-state index in [1.807, 2.05) is 0 Å². The second-order valence-corrected chi connectivity index (χ2v) is 6.08. The van der Waals surface area contributed by atoms with Gasteiger partial charge in [0.15, 0.2) is 0 Å². The van der Waals surface area contributed by atoms with Crippen molar-refractivity contribution in [1.82, 2.24) is 4.90 Å². The summed E-state index contributed by atoms with van der Waals surface area (Å²) in [6.07, 6.45) is 1.27. The number of hydrogen-bond donors (Lipinski definition) is 1. The highest BCUT2D eigenvalue weighted by Gasteiger charge is 2.45. The SMILES string of the molecule is CC(C)(C)CN1CC2CC(N)C2C1. The minimum absolute atomic E-state index is 0.438. The third kappa shape index (κ3) is 1.89. The molecule has 0 aromatic carbocycles. The molecular weight excluding hydrogens is 160 g/mol. The molecule has 2 heteroatoms. The van der Waals surface area contributed by atoms with E-state index in [0.717, 1.165) is 11.8 Å². The Hall–Kier alpha value is -0.0800. The minimum atomic E-state index is 0.438. The Balaban J connectivity index is 1.85. The Morgan fingerprint density at radius 3 is 2.46 bits per heavy atom. The van der Waals surface area contributed by atoms with E-state index in [0.29, 0.717) is 11.5 Å². The summed E-state index contributed by atoms with van der Waals surface area (Å²) in [5, 5.41) is 0. The van der Waals surface area contributed by atoms with E-state index in [4.69, 9.17) is 5.73 Å². The van der Waals surface area contributed by atoms with Crippen LogP contribution in [0.4, 0.5) is 0 Å². The Morgan fingerprint density at radius 1 is 1.31 bits per heavy atom. The van der Waals surface area contributed by atoms with Crippen molar-refractivity contribution >= 4 is 0 Å². The van der Waals surface area contributed by atoms with Gasteiger partial charge in [-0.1, -0.05) is 20.8 Å². The van der Waals surface area contributed by atoms with Gasteiger partial charge in [0.25, 0.3) is 0 Å².